The molecular formula is C12H13ClN2O2S2. The number of hydrogen-bond donors (Lipinski definition) is 0. The third-order valence-corrected chi connectivity index (χ3v) is 6.74. The molecule has 7 heteroatoms. The Labute approximate surface area is 120 Å². The molecule has 0 radical (unpaired) electrons. The van der Waals surface area contributed by atoms with Crippen LogP contribution in [0.15, 0.2) is 0 Å². The van der Waals surface area contributed by atoms with Gasteiger partial charge in [0.1, 0.15) is 15.8 Å². The SMILES string of the molecule is Cc1sc2nc(C3CCS(=O)(=O)C3)nc(Cl)c2c1C. The predicted octanol–water partition coefficient (Wildman–Crippen LogP) is 2.86. The van der Waals surface area contributed by atoms with Gasteiger partial charge in [0.15, 0.2) is 9.84 Å². The van der Waals surface area contributed by atoms with Crippen molar-refractivity contribution in [2.75, 3.05) is 11.5 Å². The first-order valence-corrected chi connectivity index (χ1v) is 9.02. The van der Waals surface area contributed by atoms with Gasteiger partial charge in [-0.25, -0.2) is 18.4 Å². The van der Waals surface area contributed by atoms with Crippen molar-refractivity contribution in [3.05, 3.63) is 21.4 Å². The minimum atomic E-state index is -2.93. The number of rotatable bonds is 1. The highest BCUT2D eigenvalue weighted by molar-refractivity contribution is 7.91. The van der Waals surface area contributed by atoms with Crippen LogP contribution in [0.3, 0.4) is 0 Å². The molecule has 0 aliphatic carbocycles. The molecule has 1 aliphatic rings. The van der Waals surface area contributed by atoms with Crippen LogP contribution in [-0.4, -0.2) is 29.9 Å². The highest BCUT2D eigenvalue weighted by atomic mass is 35.5. The summed E-state index contributed by atoms with van der Waals surface area (Å²) in [7, 11) is -2.93. The van der Waals surface area contributed by atoms with E-state index in [0.717, 1.165) is 15.8 Å². The van der Waals surface area contributed by atoms with Crippen molar-refractivity contribution in [3.8, 4) is 0 Å². The fraction of sp³-hybridized carbons (Fsp3) is 0.500. The number of aryl methyl sites for hydroxylation is 2. The van der Waals surface area contributed by atoms with E-state index in [1.807, 2.05) is 13.8 Å². The number of hydrogen-bond acceptors (Lipinski definition) is 5. The molecule has 3 heterocycles. The molecule has 1 fully saturated rings. The third kappa shape index (κ3) is 2.26. The minimum absolute atomic E-state index is 0.116. The standard InChI is InChI=1S/C12H13ClN2O2S2/c1-6-7(2)18-12-9(6)10(13)14-11(15-12)8-3-4-19(16,17)5-8/h8H,3-5H2,1-2H3. The van der Waals surface area contributed by atoms with Crippen LogP contribution in [0, 0.1) is 13.8 Å². The molecule has 0 amide bonds. The summed E-state index contributed by atoms with van der Waals surface area (Å²) in [6.07, 6.45) is 0.591. The lowest BCUT2D eigenvalue weighted by molar-refractivity contribution is 0.601. The normalized spacial score (nSPS) is 22.2. The second-order valence-electron chi connectivity index (χ2n) is 4.94. The molecule has 1 aliphatic heterocycles. The van der Waals surface area contributed by atoms with Gasteiger partial charge < -0.3 is 0 Å². The van der Waals surface area contributed by atoms with Crippen molar-refractivity contribution in [3.63, 3.8) is 0 Å². The molecule has 0 bridgehead atoms. The van der Waals surface area contributed by atoms with Crippen LogP contribution in [0.1, 0.15) is 28.6 Å². The third-order valence-electron chi connectivity index (χ3n) is 3.60. The Bertz CT molecular complexity index is 768. The van der Waals surface area contributed by atoms with Crippen molar-refractivity contribution in [1.82, 2.24) is 9.97 Å². The zero-order valence-corrected chi connectivity index (χ0v) is 13.0. The van der Waals surface area contributed by atoms with Crippen molar-refractivity contribution in [2.45, 2.75) is 26.2 Å². The molecule has 2 aromatic heterocycles. The van der Waals surface area contributed by atoms with E-state index in [1.165, 1.54) is 4.88 Å². The number of sulfone groups is 1. The first kappa shape index (κ1) is 13.3. The van der Waals surface area contributed by atoms with Gasteiger partial charge in [0.25, 0.3) is 0 Å². The molecule has 102 valence electrons. The van der Waals surface area contributed by atoms with Crippen molar-refractivity contribution in [2.24, 2.45) is 0 Å². The Kier molecular flexibility index (Phi) is 3.07. The lowest BCUT2D eigenvalue weighted by Gasteiger charge is -2.07. The van der Waals surface area contributed by atoms with Crippen molar-refractivity contribution in [1.29, 1.82) is 0 Å². The van der Waals surface area contributed by atoms with E-state index < -0.39 is 9.84 Å². The van der Waals surface area contributed by atoms with Crippen LogP contribution in [0.4, 0.5) is 0 Å². The van der Waals surface area contributed by atoms with Gasteiger partial charge >= 0.3 is 0 Å². The smallest absolute Gasteiger partial charge is 0.151 e. The molecule has 1 atom stereocenters. The van der Waals surface area contributed by atoms with Crippen LogP contribution < -0.4 is 0 Å². The summed E-state index contributed by atoms with van der Waals surface area (Å²) in [5.74, 6) is 0.812. The maximum absolute atomic E-state index is 11.5. The highest BCUT2D eigenvalue weighted by Gasteiger charge is 2.31. The summed E-state index contributed by atoms with van der Waals surface area (Å²) >= 11 is 7.82. The topological polar surface area (TPSA) is 59.9 Å². The largest absolute Gasteiger partial charge is 0.229 e. The number of thiophene rings is 1. The van der Waals surface area contributed by atoms with Crippen LogP contribution >= 0.6 is 22.9 Å². The summed E-state index contributed by atoms with van der Waals surface area (Å²) in [6, 6.07) is 0. The predicted molar refractivity (Wildman–Crippen MR) is 77.9 cm³/mol. The first-order chi connectivity index (χ1) is 8.87. The molecule has 0 N–H and O–H groups in total. The Morgan fingerprint density at radius 3 is 2.68 bits per heavy atom. The van der Waals surface area contributed by atoms with Crippen molar-refractivity contribution >= 4 is 43.0 Å². The van der Waals surface area contributed by atoms with E-state index in [-0.39, 0.29) is 17.4 Å². The van der Waals surface area contributed by atoms with E-state index in [9.17, 15) is 8.42 Å². The Hall–Kier alpha value is -0.720. The minimum Gasteiger partial charge on any atom is -0.229 e. The van der Waals surface area contributed by atoms with Gasteiger partial charge in [-0.15, -0.1) is 11.3 Å². The van der Waals surface area contributed by atoms with Gasteiger partial charge in [-0.05, 0) is 25.8 Å². The summed E-state index contributed by atoms with van der Waals surface area (Å²) in [5.41, 5.74) is 1.11. The molecule has 3 rings (SSSR count). The zero-order chi connectivity index (χ0) is 13.8. The molecule has 4 nitrogen and oxygen atoms in total. The average Bonchev–Trinajstić information content (AvgIpc) is 2.81. The Morgan fingerprint density at radius 2 is 2.05 bits per heavy atom. The molecule has 0 aromatic carbocycles. The highest BCUT2D eigenvalue weighted by Crippen LogP contribution is 2.35. The lowest BCUT2D eigenvalue weighted by atomic mass is 10.1. The van der Waals surface area contributed by atoms with E-state index in [4.69, 9.17) is 11.6 Å². The summed E-state index contributed by atoms with van der Waals surface area (Å²) in [5, 5.41) is 1.33. The van der Waals surface area contributed by atoms with Crippen LogP contribution in [0.2, 0.25) is 5.15 Å². The molecule has 1 unspecified atom stereocenters. The van der Waals surface area contributed by atoms with Crippen LogP contribution in [0.25, 0.3) is 10.2 Å². The second-order valence-corrected chi connectivity index (χ2v) is 8.73. The number of aromatic nitrogens is 2. The number of nitrogens with zero attached hydrogens (tertiary/aromatic N) is 2. The fourth-order valence-electron chi connectivity index (χ4n) is 2.40. The molecule has 0 spiro atoms. The van der Waals surface area contributed by atoms with E-state index >= 15 is 0 Å². The second kappa shape index (κ2) is 4.40. The lowest BCUT2D eigenvalue weighted by Crippen LogP contribution is -2.07. The quantitative estimate of drug-likeness (QED) is 0.759. The zero-order valence-electron chi connectivity index (χ0n) is 10.6. The summed E-state index contributed by atoms with van der Waals surface area (Å²) in [4.78, 5) is 10.9. The number of fused-ring (bicyclic) bond motifs is 1. The van der Waals surface area contributed by atoms with Gasteiger partial charge in [0.05, 0.1) is 16.9 Å². The molecular weight excluding hydrogens is 304 g/mol. The first-order valence-electron chi connectivity index (χ1n) is 6.01. The van der Waals surface area contributed by atoms with Gasteiger partial charge in [0.2, 0.25) is 0 Å². The van der Waals surface area contributed by atoms with Crippen molar-refractivity contribution < 1.29 is 8.42 Å². The number of halogens is 1. The van der Waals surface area contributed by atoms with Gasteiger partial charge in [0, 0.05) is 10.8 Å². The Morgan fingerprint density at radius 1 is 1.32 bits per heavy atom. The fourth-order valence-corrected chi connectivity index (χ4v) is 5.55. The average molecular weight is 317 g/mol. The van der Waals surface area contributed by atoms with E-state index in [0.29, 0.717) is 17.4 Å². The Balaban J connectivity index is 2.12. The van der Waals surface area contributed by atoms with Gasteiger partial charge in [-0.2, -0.15) is 0 Å². The van der Waals surface area contributed by atoms with Gasteiger partial charge in [-0.3, -0.25) is 0 Å². The summed E-state index contributed by atoms with van der Waals surface area (Å²) < 4.78 is 23.1. The van der Waals surface area contributed by atoms with Crippen LogP contribution in [-0.2, 0) is 9.84 Å². The molecule has 2 aromatic rings. The molecule has 0 saturated carbocycles. The summed E-state index contributed by atoms with van der Waals surface area (Å²) in [6.45, 7) is 4.03. The maximum atomic E-state index is 11.5. The van der Waals surface area contributed by atoms with E-state index in [1.54, 1.807) is 11.3 Å². The van der Waals surface area contributed by atoms with E-state index in [2.05, 4.69) is 9.97 Å². The van der Waals surface area contributed by atoms with Crippen LogP contribution in [0.5, 0.6) is 0 Å². The maximum Gasteiger partial charge on any atom is 0.151 e. The van der Waals surface area contributed by atoms with Gasteiger partial charge in [-0.1, -0.05) is 11.6 Å². The molecule has 1 saturated heterocycles. The molecule has 19 heavy (non-hydrogen) atoms. The monoisotopic (exact) mass is 316 g/mol.